The molecule has 18 heavy (non-hydrogen) atoms. The van der Waals surface area contributed by atoms with E-state index in [0.29, 0.717) is 6.42 Å². The largest absolute Gasteiger partial charge is 0.399 e. The van der Waals surface area contributed by atoms with E-state index in [1.54, 1.807) is 0 Å². The lowest BCUT2D eigenvalue weighted by atomic mass is 9.92. The number of amides is 1. The van der Waals surface area contributed by atoms with Crippen LogP contribution in [0.1, 0.15) is 36.0 Å². The number of nitrogens with one attached hydrogen (secondary N) is 1. The fourth-order valence-electron chi connectivity index (χ4n) is 2.24. The third kappa shape index (κ3) is 2.79. The molecule has 0 bridgehead atoms. The number of benzene rings is 1. The molecule has 1 aromatic rings. The van der Waals surface area contributed by atoms with Crippen molar-refractivity contribution in [2.45, 2.75) is 37.8 Å². The zero-order valence-electron chi connectivity index (χ0n) is 10.0. The third-order valence-electron chi connectivity index (χ3n) is 3.28. The molecule has 2 rings (SSSR count). The van der Waals surface area contributed by atoms with Gasteiger partial charge in [-0.2, -0.15) is 0 Å². The summed E-state index contributed by atoms with van der Waals surface area (Å²) in [4.78, 5) is 11.9. The number of carbonyl (C=O) groups excluding carboxylic acids is 1. The quantitative estimate of drug-likeness (QED) is 0.697. The molecule has 2 atom stereocenters. The van der Waals surface area contributed by atoms with Crippen LogP contribution in [0.4, 0.5) is 10.1 Å². The first-order valence-corrected chi connectivity index (χ1v) is 6.12. The van der Waals surface area contributed by atoms with E-state index >= 15 is 0 Å². The van der Waals surface area contributed by atoms with Crippen molar-refractivity contribution in [1.82, 2.24) is 5.32 Å². The van der Waals surface area contributed by atoms with E-state index in [2.05, 4.69) is 5.32 Å². The number of anilines is 1. The van der Waals surface area contributed by atoms with Crippen LogP contribution in [-0.4, -0.2) is 23.2 Å². The van der Waals surface area contributed by atoms with Crippen LogP contribution in [0.5, 0.6) is 0 Å². The van der Waals surface area contributed by atoms with Crippen molar-refractivity contribution in [2.75, 3.05) is 5.73 Å². The molecule has 1 saturated carbocycles. The van der Waals surface area contributed by atoms with Crippen LogP contribution in [0, 0.1) is 5.82 Å². The Bertz CT molecular complexity index is 451. The van der Waals surface area contributed by atoms with Gasteiger partial charge in [-0.05, 0) is 31.0 Å². The normalized spacial score (nSPS) is 23.7. The SMILES string of the molecule is Nc1ccc(C(=O)N[C@H]2CCCC[C@@H]2O)c(F)c1. The molecule has 1 aliphatic carbocycles. The van der Waals surface area contributed by atoms with E-state index in [0.717, 1.165) is 25.3 Å². The summed E-state index contributed by atoms with van der Waals surface area (Å²) in [6.45, 7) is 0. The Morgan fingerprint density at radius 2 is 2.11 bits per heavy atom. The van der Waals surface area contributed by atoms with Gasteiger partial charge >= 0.3 is 0 Å². The molecule has 1 amide bonds. The number of carbonyl (C=O) groups is 1. The number of aliphatic hydroxyl groups is 1. The zero-order valence-corrected chi connectivity index (χ0v) is 10.0. The zero-order chi connectivity index (χ0) is 13.1. The fraction of sp³-hybridized carbons (Fsp3) is 0.462. The molecule has 0 spiro atoms. The minimum absolute atomic E-state index is 0.0398. The number of hydrogen-bond acceptors (Lipinski definition) is 3. The first kappa shape index (κ1) is 12.8. The van der Waals surface area contributed by atoms with Crippen molar-refractivity contribution in [3.8, 4) is 0 Å². The van der Waals surface area contributed by atoms with Gasteiger partial charge in [-0.3, -0.25) is 4.79 Å². The van der Waals surface area contributed by atoms with Gasteiger partial charge in [-0.25, -0.2) is 4.39 Å². The topological polar surface area (TPSA) is 75.4 Å². The van der Waals surface area contributed by atoms with Gasteiger partial charge in [0.1, 0.15) is 5.82 Å². The maximum Gasteiger partial charge on any atom is 0.254 e. The van der Waals surface area contributed by atoms with Crippen LogP contribution in [0.2, 0.25) is 0 Å². The molecule has 5 heteroatoms. The molecule has 98 valence electrons. The second-order valence-corrected chi connectivity index (χ2v) is 4.67. The molecule has 0 saturated heterocycles. The number of rotatable bonds is 2. The summed E-state index contributed by atoms with van der Waals surface area (Å²) in [5.74, 6) is -1.14. The highest BCUT2D eigenvalue weighted by Gasteiger charge is 2.25. The molecule has 1 aliphatic rings. The summed E-state index contributed by atoms with van der Waals surface area (Å²) in [7, 11) is 0. The van der Waals surface area contributed by atoms with Crippen LogP contribution in [-0.2, 0) is 0 Å². The van der Waals surface area contributed by atoms with E-state index in [4.69, 9.17) is 5.73 Å². The van der Waals surface area contributed by atoms with Crippen molar-refractivity contribution in [2.24, 2.45) is 0 Å². The van der Waals surface area contributed by atoms with Crippen molar-refractivity contribution >= 4 is 11.6 Å². The Kier molecular flexibility index (Phi) is 3.81. The van der Waals surface area contributed by atoms with Gasteiger partial charge in [-0.15, -0.1) is 0 Å². The lowest BCUT2D eigenvalue weighted by Crippen LogP contribution is -2.45. The molecule has 1 fully saturated rings. The standard InChI is InChI=1S/C13H17FN2O2/c14-10-7-8(15)5-6-9(10)13(18)16-11-3-1-2-4-12(11)17/h5-7,11-12,17H,1-4,15H2,(H,16,18)/t11-,12-/m0/s1. The molecule has 0 heterocycles. The van der Waals surface area contributed by atoms with Gasteiger partial charge in [0.15, 0.2) is 0 Å². The molecular weight excluding hydrogens is 235 g/mol. The maximum atomic E-state index is 13.5. The monoisotopic (exact) mass is 252 g/mol. The second-order valence-electron chi connectivity index (χ2n) is 4.67. The van der Waals surface area contributed by atoms with Crippen LogP contribution >= 0.6 is 0 Å². The highest BCUT2D eigenvalue weighted by Crippen LogP contribution is 2.19. The number of halogens is 1. The first-order valence-electron chi connectivity index (χ1n) is 6.12. The summed E-state index contributed by atoms with van der Waals surface area (Å²) in [5, 5.41) is 12.4. The van der Waals surface area contributed by atoms with Crippen LogP contribution < -0.4 is 11.1 Å². The van der Waals surface area contributed by atoms with Crippen molar-refractivity contribution in [3.63, 3.8) is 0 Å². The van der Waals surface area contributed by atoms with Crippen LogP contribution in [0.15, 0.2) is 18.2 Å². The smallest absolute Gasteiger partial charge is 0.254 e. The van der Waals surface area contributed by atoms with Gasteiger partial charge < -0.3 is 16.2 Å². The molecule has 0 radical (unpaired) electrons. The van der Waals surface area contributed by atoms with E-state index in [1.165, 1.54) is 12.1 Å². The Balaban J connectivity index is 2.07. The van der Waals surface area contributed by atoms with Crippen LogP contribution in [0.25, 0.3) is 0 Å². The predicted octanol–water partition coefficient (Wildman–Crippen LogP) is 1.44. The number of hydrogen-bond donors (Lipinski definition) is 3. The summed E-state index contributed by atoms with van der Waals surface area (Å²) >= 11 is 0. The molecule has 0 unspecified atom stereocenters. The van der Waals surface area contributed by atoms with E-state index in [9.17, 15) is 14.3 Å². The average Bonchev–Trinajstić information content (AvgIpc) is 2.32. The molecule has 4 N–H and O–H groups in total. The number of nitrogen functional groups attached to an aromatic ring is 1. The maximum absolute atomic E-state index is 13.5. The van der Waals surface area contributed by atoms with Gasteiger partial charge in [-0.1, -0.05) is 12.8 Å². The van der Waals surface area contributed by atoms with E-state index in [-0.39, 0.29) is 17.3 Å². The Hall–Kier alpha value is -1.62. The molecule has 0 aliphatic heterocycles. The molecule has 1 aromatic carbocycles. The number of nitrogens with two attached hydrogens (primary N) is 1. The Morgan fingerprint density at radius 1 is 1.39 bits per heavy atom. The highest BCUT2D eigenvalue weighted by atomic mass is 19.1. The van der Waals surface area contributed by atoms with E-state index < -0.39 is 17.8 Å². The summed E-state index contributed by atoms with van der Waals surface area (Å²) in [6, 6.07) is 3.67. The number of aliphatic hydroxyl groups excluding tert-OH is 1. The average molecular weight is 252 g/mol. The van der Waals surface area contributed by atoms with E-state index in [1.807, 2.05) is 0 Å². The minimum Gasteiger partial charge on any atom is -0.399 e. The summed E-state index contributed by atoms with van der Waals surface area (Å²) in [5.41, 5.74) is 5.66. The lowest BCUT2D eigenvalue weighted by Gasteiger charge is -2.28. The minimum atomic E-state index is -0.641. The van der Waals surface area contributed by atoms with Gasteiger partial charge in [0, 0.05) is 5.69 Å². The predicted molar refractivity (Wildman–Crippen MR) is 66.5 cm³/mol. The van der Waals surface area contributed by atoms with Crippen LogP contribution in [0.3, 0.4) is 0 Å². The van der Waals surface area contributed by atoms with Crippen molar-refractivity contribution < 1.29 is 14.3 Å². The summed E-state index contributed by atoms with van der Waals surface area (Å²) < 4.78 is 13.5. The molecular formula is C13H17FN2O2. The Morgan fingerprint density at radius 3 is 2.78 bits per heavy atom. The molecule has 4 nitrogen and oxygen atoms in total. The first-order chi connectivity index (χ1) is 8.58. The van der Waals surface area contributed by atoms with Gasteiger partial charge in [0.05, 0.1) is 17.7 Å². The second kappa shape index (κ2) is 5.35. The van der Waals surface area contributed by atoms with Gasteiger partial charge in [0.2, 0.25) is 0 Å². The summed E-state index contributed by atoms with van der Waals surface area (Å²) in [6.07, 6.45) is 2.79. The fourth-order valence-corrected chi connectivity index (χ4v) is 2.24. The molecule has 0 aromatic heterocycles. The van der Waals surface area contributed by atoms with Crippen molar-refractivity contribution in [1.29, 1.82) is 0 Å². The highest BCUT2D eigenvalue weighted by molar-refractivity contribution is 5.95. The van der Waals surface area contributed by atoms with Crippen molar-refractivity contribution in [3.05, 3.63) is 29.6 Å². The Labute approximate surface area is 105 Å². The lowest BCUT2D eigenvalue weighted by molar-refractivity contribution is 0.0714. The van der Waals surface area contributed by atoms with Gasteiger partial charge in [0.25, 0.3) is 5.91 Å². The third-order valence-corrected chi connectivity index (χ3v) is 3.28.